The van der Waals surface area contributed by atoms with Gasteiger partial charge in [-0.15, -0.1) is 0 Å². The smallest absolute Gasteiger partial charge is 0.168 e. The van der Waals surface area contributed by atoms with E-state index in [9.17, 15) is 9.90 Å². The fourth-order valence-electron chi connectivity index (χ4n) is 5.14. The van der Waals surface area contributed by atoms with Gasteiger partial charge in [-0.05, 0) is 85.3 Å². The molecule has 4 aromatic rings. The average molecular weight is 517 g/mol. The molecule has 1 saturated carbocycles. The Morgan fingerprint density at radius 2 is 1.58 bits per heavy atom. The van der Waals surface area contributed by atoms with E-state index in [-0.39, 0.29) is 27.5 Å². The fraction of sp³-hybridized carbons (Fsp3) is 0.267. The molecule has 2 fully saturated rings. The maximum atomic E-state index is 13.3. The normalized spacial score (nSPS) is 16.1. The van der Waals surface area contributed by atoms with Crippen LogP contribution in [0.2, 0.25) is 10.0 Å². The number of hydrogen-bond acceptors (Lipinski definition) is 4. The van der Waals surface area contributed by atoms with Gasteiger partial charge in [-0.1, -0.05) is 53.5 Å². The highest BCUT2D eigenvalue weighted by atomic mass is 35.5. The number of carbonyl (C=O) groups excluding carboxylic acids is 1. The van der Waals surface area contributed by atoms with Crippen LogP contribution in [0.5, 0.6) is 5.75 Å². The van der Waals surface area contributed by atoms with Crippen molar-refractivity contribution >= 4 is 39.9 Å². The van der Waals surface area contributed by atoms with Crippen molar-refractivity contribution in [3.8, 4) is 28.0 Å². The standard InChI is InChI=1S/C30H26Cl2N2O2/c31-25-14-22(15-26(32)30(25)36)21-9-10-27-23(13-21)28(24(16-33-27)29(35)20-7-8-20)19-5-3-18(4-6-19)17-34-11-1-2-12-34/h3-6,9-10,13-16,20,36H,1-2,7-8,11-12,17H2. The first-order valence-corrected chi connectivity index (χ1v) is 13.2. The molecular formula is C30H26Cl2N2O2. The van der Waals surface area contributed by atoms with Crippen molar-refractivity contribution in [1.82, 2.24) is 9.88 Å². The molecule has 1 aliphatic heterocycles. The van der Waals surface area contributed by atoms with Crippen molar-refractivity contribution in [3.05, 3.63) is 82.0 Å². The van der Waals surface area contributed by atoms with Crippen LogP contribution in [0, 0.1) is 5.92 Å². The Balaban J connectivity index is 1.48. The van der Waals surface area contributed by atoms with E-state index in [1.807, 2.05) is 18.2 Å². The molecule has 0 amide bonds. The van der Waals surface area contributed by atoms with Gasteiger partial charge in [-0.25, -0.2) is 0 Å². The Morgan fingerprint density at radius 1 is 0.917 bits per heavy atom. The first-order chi connectivity index (χ1) is 17.5. The highest BCUT2D eigenvalue weighted by Gasteiger charge is 2.32. The number of phenolic OH excluding ortho intramolecular Hbond substituents is 1. The highest BCUT2D eigenvalue weighted by Crippen LogP contribution is 2.41. The molecule has 6 rings (SSSR count). The first-order valence-electron chi connectivity index (χ1n) is 12.4. The third-order valence-electron chi connectivity index (χ3n) is 7.28. The fourth-order valence-corrected chi connectivity index (χ4v) is 5.63. The lowest BCUT2D eigenvalue weighted by molar-refractivity contribution is 0.0968. The molecule has 1 aromatic heterocycles. The highest BCUT2D eigenvalue weighted by molar-refractivity contribution is 6.37. The summed E-state index contributed by atoms with van der Waals surface area (Å²) in [5.41, 5.74) is 6.38. The van der Waals surface area contributed by atoms with Gasteiger partial charge >= 0.3 is 0 Å². The molecule has 1 aliphatic carbocycles. The van der Waals surface area contributed by atoms with Gasteiger partial charge in [0.1, 0.15) is 0 Å². The van der Waals surface area contributed by atoms with Gasteiger partial charge in [-0.2, -0.15) is 0 Å². The summed E-state index contributed by atoms with van der Waals surface area (Å²) >= 11 is 12.4. The Bertz CT molecular complexity index is 1450. The first kappa shape index (κ1) is 23.5. The van der Waals surface area contributed by atoms with Crippen LogP contribution in [0.1, 0.15) is 41.6 Å². The summed E-state index contributed by atoms with van der Waals surface area (Å²) in [4.78, 5) is 20.4. The summed E-state index contributed by atoms with van der Waals surface area (Å²) in [6, 6.07) is 18.0. The third-order valence-corrected chi connectivity index (χ3v) is 7.86. The van der Waals surface area contributed by atoms with Crippen molar-refractivity contribution in [2.75, 3.05) is 13.1 Å². The predicted molar refractivity (Wildman–Crippen MR) is 146 cm³/mol. The van der Waals surface area contributed by atoms with Gasteiger partial charge in [-0.3, -0.25) is 14.7 Å². The van der Waals surface area contributed by atoms with E-state index >= 15 is 0 Å². The van der Waals surface area contributed by atoms with E-state index in [0.29, 0.717) is 5.56 Å². The van der Waals surface area contributed by atoms with Crippen LogP contribution < -0.4 is 0 Å². The molecule has 4 nitrogen and oxygen atoms in total. The number of fused-ring (bicyclic) bond motifs is 1. The average Bonchev–Trinajstić information content (AvgIpc) is 3.62. The minimum Gasteiger partial charge on any atom is -0.505 e. The van der Waals surface area contributed by atoms with E-state index in [1.54, 1.807) is 18.3 Å². The number of pyridine rings is 1. The molecule has 1 N–H and O–H groups in total. The van der Waals surface area contributed by atoms with Crippen LogP contribution in [-0.2, 0) is 6.54 Å². The number of aromatic hydroxyl groups is 1. The number of Topliss-reactive ketones (excluding diaryl/α,β-unsaturated/α-hetero) is 1. The molecule has 36 heavy (non-hydrogen) atoms. The SMILES string of the molecule is O=C(c1cnc2ccc(-c3cc(Cl)c(O)c(Cl)c3)cc2c1-c1ccc(CN2CCCC2)cc1)C1CC1. The zero-order valence-electron chi connectivity index (χ0n) is 19.8. The molecular weight excluding hydrogens is 491 g/mol. The summed E-state index contributed by atoms with van der Waals surface area (Å²) in [5.74, 6) is 0.133. The van der Waals surface area contributed by atoms with E-state index in [2.05, 4.69) is 34.1 Å². The molecule has 0 bridgehead atoms. The topological polar surface area (TPSA) is 53.4 Å². The lowest BCUT2D eigenvalue weighted by Crippen LogP contribution is -2.18. The maximum Gasteiger partial charge on any atom is 0.168 e. The van der Waals surface area contributed by atoms with Crippen LogP contribution in [-0.4, -0.2) is 33.9 Å². The van der Waals surface area contributed by atoms with Crippen LogP contribution in [0.4, 0.5) is 0 Å². The number of hydrogen-bond donors (Lipinski definition) is 1. The summed E-state index contributed by atoms with van der Waals surface area (Å²) in [7, 11) is 0. The van der Waals surface area contributed by atoms with Crippen molar-refractivity contribution < 1.29 is 9.90 Å². The second-order valence-electron chi connectivity index (χ2n) is 9.89. The van der Waals surface area contributed by atoms with Crippen molar-refractivity contribution in [3.63, 3.8) is 0 Å². The number of halogens is 2. The van der Waals surface area contributed by atoms with Gasteiger partial charge in [0, 0.05) is 35.2 Å². The Hall–Kier alpha value is -2.92. The second kappa shape index (κ2) is 9.51. The van der Waals surface area contributed by atoms with Crippen molar-refractivity contribution in [2.24, 2.45) is 5.92 Å². The number of ketones is 1. The van der Waals surface area contributed by atoms with E-state index < -0.39 is 0 Å². The molecule has 2 heterocycles. The van der Waals surface area contributed by atoms with Gasteiger partial charge in [0.05, 0.1) is 15.6 Å². The minimum atomic E-state index is -0.128. The molecule has 0 unspecified atom stereocenters. The number of rotatable bonds is 6. The summed E-state index contributed by atoms with van der Waals surface area (Å²) in [5, 5.41) is 11.3. The van der Waals surface area contributed by atoms with Gasteiger partial charge < -0.3 is 5.11 Å². The van der Waals surface area contributed by atoms with Gasteiger partial charge in [0.2, 0.25) is 0 Å². The van der Waals surface area contributed by atoms with E-state index in [1.165, 1.54) is 18.4 Å². The van der Waals surface area contributed by atoms with Gasteiger partial charge in [0.25, 0.3) is 0 Å². The third kappa shape index (κ3) is 4.50. The molecule has 0 radical (unpaired) electrons. The lowest BCUT2D eigenvalue weighted by Gasteiger charge is -2.16. The Morgan fingerprint density at radius 3 is 2.25 bits per heavy atom. The summed E-state index contributed by atoms with van der Waals surface area (Å²) in [6.07, 6.45) is 6.16. The Kier molecular flexibility index (Phi) is 6.20. The number of carbonyl (C=O) groups is 1. The monoisotopic (exact) mass is 516 g/mol. The van der Waals surface area contributed by atoms with E-state index in [0.717, 1.165) is 65.6 Å². The number of likely N-dealkylation sites (tertiary alicyclic amines) is 1. The van der Waals surface area contributed by atoms with Crippen LogP contribution in [0.25, 0.3) is 33.2 Å². The number of aromatic nitrogens is 1. The Labute approximate surface area is 220 Å². The zero-order chi connectivity index (χ0) is 24.8. The molecule has 0 atom stereocenters. The molecule has 182 valence electrons. The van der Waals surface area contributed by atoms with Crippen LogP contribution >= 0.6 is 23.2 Å². The van der Waals surface area contributed by atoms with Crippen molar-refractivity contribution in [2.45, 2.75) is 32.2 Å². The second-order valence-corrected chi connectivity index (χ2v) is 10.7. The molecule has 3 aromatic carbocycles. The molecule has 0 spiro atoms. The molecule has 1 saturated heterocycles. The molecule has 6 heteroatoms. The minimum absolute atomic E-state index is 0.0929. The number of phenols is 1. The summed E-state index contributed by atoms with van der Waals surface area (Å²) in [6.45, 7) is 3.27. The maximum absolute atomic E-state index is 13.3. The van der Waals surface area contributed by atoms with Crippen LogP contribution in [0.3, 0.4) is 0 Å². The zero-order valence-corrected chi connectivity index (χ0v) is 21.3. The largest absolute Gasteiger partial charge is 0.505 e. The van der Waals surface area contributed by atoms with E-state index in [4.69, 9.17) is 23.2 Å². The quantitative estimate of drug-likeness (QED) is 0.266. The number of benzene rings is 3. The van der Waals surface area contributed by atoms with Crippen LogP contribution in [0.15, 0.2) is 60.8 Å². The number of nitrogens with zero attached hydrogens (tertiary/aromatic N) is 2. The summed E-state index contributed by atoms with van der Waals surface area (Å²) < 4.78 is 0. The van der Waals surface area contributed by atoms with Gasteiger partial charge in [0.15, 0.2) is 11.5 Å². The van der Waals surface area contributed by atoms with Crippen molar-refractivity contribution in [1.29, 1.82) is 0 Å². The molecule has 2 aliphatic rings. The predicted octanol–water partition coefficient (Wildman–Crippen LogP) is 7.77. The lowest BCUT2D eigenvalue weighted by atomic mass is 9.91.